The molecule has 0 aliphatic rings. The summed E-state index contributed by atoms with van der Waals surface area (Å²) >= 11 is 0. The summed E-state index contributed by atoms with van der Waals surface area (Å²) in [5.41, 5.74) is 1.24. The third-order valence-corrected chi connectivity index (χ3v) is 3.41. The van der Waals surface area contributed by atoms with Crippen LogP contribution in [0.2, 0.25) is 0 Å². The van der Waals surface area contributed by atoms with Gasteiger partial charge in [0.2, 0.25) is 5.91 Å². The fraction of sp³-hybridized carbons (Fsp3) is 0.500. The van der Waals surface area contributed by atoms with Crippen LogP contribution in [0, 0.1) is 0 Å². The molecule has 21 heavy (non-hydrogen) atoms. The molecule has 0 unspecified atom stereocenters. The molecule has 0 heterocycles. The van der Waals surface area contributed by atoms with E-state index in [1.807, 2.05) is 6.07 Å². The van der Waals surface area contributed by atoms with Crippen molar-refractivity contribution >= 4 is 5.91 Å². The number of amides is 1. The maximum atomic E-state index is 11.0. The van der Waals surface area contributed by atoms with Crippen LogP contribution in [0.5, 0.6) is 0 Å². The summed E-state index contributed by atoms with van der Waals surface area (Å²) in [6, 6.07) is 10.5. The van der Waals surface area contributed by atoms with Gasteiger partial charge in [-0.25, -0.2) is 0 Å². The van der Waals surface area contributed by atoms with E-state index in [4.69, 9.17) is 4.74 Å². The molecule has 0 spiro atoms. The van der Waals surface area contributed by atoms with Crippen LogP contribution in [0.1, 0.15) is 38.7 Å². The van der Waals surface area contributed by atoms with Crippen LogP contribution in [0.3, 0.4) is 0 Å². The largest absolute Gasteiger partial charge is 0.376 e. The average molecular weight is 289 g/mol. The molecule has 0 fully saturated rings. The molecular formula is C18H27NO2. The van der Waals surface area contributed by atoms with Crippen LogP contribution >= 0.6 is 0 Å². The predicted molar refractivity (Wildman–Crippen MR) is 87.2 cm³/mol. The predicted octanol–water partition coefficient (Wildman–Crippen LogP) is 3.50. The Morgan fingerprint density at radius 2 is 2.00 bits per heavy atom. The molecule has 1 amide bonds. The van der Waals surface area contributed by atoms with Crippen LogP contribution in [0.15, 0.2) is 43.0 Å². The molecule has 3 heteroatoms. The number of carbonyl (C=O) groups is 1. The molecule has 0 saturated heterocycles. The zero-order chi connectivity index (χ0) is 15.6. The van der Waals surface area contributed by atoms with Crippen LogP contribution in [-0.2, 0) is 16.0 Å². The Hall–Kier alpha value is -1.61. The smallest absolute Gasteiger partial charge is 0.243 e. The van der Waals surface area contributed by atoms with E-state index in [0.29, 0.717) is 6.54 Å². The Bertz CT molecular complexity index is 426. The van der Waals surface area contributed by atoms with Gasteiger partial charge in [-0.1, -0.05) is 36.9 Å². The Morgan fingerprint density at radius 1 is 1.29 bits per heavy atom. The van der Waals surface area contributed by atoms with Gasteiger partial charge in [-0.15, -0.1) is 0 Å². The lowest BCUT2D eigenvalue weighted by atomic mass is 9.98. The van der Waals surface area contributed by atoms with Crippen molar-refractivity contribution in [1.82, 2.24) is 5.32 Å². The molecule has 1 rings (SSSR count). The van der Waals surface area contributed by atoms with Gasteiger partial charge in [0.1, 0.15) is 0 Å². The van der Waals surface area contributed by atoms with E-state index in [9.17, 15) is 4.79 Å². The van der Waals surface area contributed by atoms with Gasteiger partial charge >= 0.3 is 0 Å². The first-order chi connectivity index (χ1) is 10.0. The number of hydrogen-bond donors (Lipinski definition) is 1. The van der Waals surface area contributed by atoms with Gasteiger partial charge in [-0.05, 0) is 51.2 Å². The Balaban J connectivity index is 2.12. The van der Waals surface area contributed by atoms with Crippen molar-refractivity contribution in [2.24, 2.45) is 0 Å². The van der Waals surface area contributed by atoms with Crippen molar-refractivity contribution in [1.29, 1.82) is 0 Å². The summed E-state index contributed by atoms with van der Waals surface area (Å²) < 4.78 is 5.95. The third-order valence-electron chi connectivity index (χ3n) is 3.41. The van der Waals surface area contributed by atoms with E-state index in [2.05, 4.69) is 50.0 Å². The second kappa shape index (κ2) is 9.35. The number of ether oxygens (including phenoxy) is 1. The van der Waals surface area contributed by atoms with Gasteiger partial charge in [0.15, 0.2) is 0 Å². The number of nitrogens with one attached hydrogen (secondary N) is 1. The molecule has 1 N–H and O–H groups in total. The molecule has 0 aromatic heterocycles. The van der Waals surface area contributed by atoms with Crippen molar-refractivity contribution in [3.05, 3.63) is 48.6 Å². The highest BCUT2D eigenvalue weighted by molar-refractivity contribution is 5.86. The Kier molecular flexibility index (Phi) is 7.76. The molecule has 0 bridgehead atoms. The summed E-state index contributed by atoms with van der Waals surface area (Å²) in [6.45, 7) is 9.09. The maximum absolute atomic E-state index is 11.0. The normalized spacial score (nSPS) is 11.1. The Morgan fingerprint density at radius 3 is 2.67 bits per heavy atom. The van der Waals surface area contributed by atoms with Crippen LogP contribution in [0.4, 0.5) is 0 Å². The number of carbonyl (C=O) groups excluding carboxylic acids is 1. The molecule has 3 nitrogen and oxygen atoms in total. The number of benzene rings is 1. The molecule has 116 valence electrons. The van der Waals surface area contributed by atoms with Crippen molar-refractivity contribution in [3.8, 4) is 0 Å². The fourth-order valence-electron chi connectivity index (χ4n) is 2.02. The summed E-state index contributed by atoms with van der Waals surface area (Å²) in [6.07, 6.45) is 5.21. The summed E-state index contributed by atoms with van der Waals surface area (Å²) in [5.74, 6) is -0.112. The molecule has 0 atom stereocenters. The first-order valence-corrected chi connectivity index (χ1v) is 7.62. The van der Waals surface area contributed by atoms with Gasteiger partial charge in [-0.2, -0.15) is 0 Å². The lowest BCUT2D eigenvalue weighted by Gasteiger charge is -2.25. The minimum absolute atomic E-state index is 0.111. The van der Waals surface area contributed by atoms with E-state index in [1.165, 1.54) is 11.6 Å². The monoisotopic (exact) mass is 289 g/mol. The molecule has 0 saturated carbocycles. The van der Waals surface area contributed by atoms with E-state index in [0.717, 1.165) is 32.3 Å². The summed E-state index contributed by atoms with van der Waals surface area (Å²) in [4.78, 5) is 11.0. The Labute approximate surface area is 128 Å². The molecular weight excluding hydrogens is 262 g/mol. The van der Waals surface area contributed by atoms with Gasteiger partial charge < -0.3 is 10.1 Å². The lowest BCUT2D eigenvalue weighted by molar-refractivity contribution is -0.116. The summed E-state index contributed by atoms with van der Waals surface area (Å²) in [7, 11) is 0. The van der Waals surface area contributed by atoms with E-state index in [-0.39, 0.29) is 11.5 Å². The molecule has 0 aliphatic heterocycles. The second-order valence-corrected chi connectivity index (χ2v) is 5.80. The highest BCUT2D eigenvalue weighted by atomic mass is 16.5. The number of unbranched alkanes of at least 4 members (excludes halogenated alkanes) is 1. The van der Waals surface area contributed by atoms with Crippen molar-refractivity contribution in [2.45, 2.75) is 45.1 Å². The van der Waals surface area contributed by atoms with Gasteiger partial charge in [0, 0.05) is 13.2 Å². The lowest BCUT2D eigenvalue weighted by Crippen LogP contribution is -2.26. The van der Waals surface area contributed by atoms with Crippen molar-refractivity contribution in [2.75, 3.05) is 13.2 Å². The quantitative estimate of drug-likeness (QED) is 0.529. The third kappa shape index (κ3) is 8.30. The molecule has 1 aromatic carbocycles. The highest BCUT2D eigenvalue weighted by Gasteiger charge is 2.17. The SMILES string of the molecule is C=CC(=O)NCCCCOC(C)(C)CCc1ccccc1. The fourth-order valence-corrected chi connectivity index (χ4v) is 2.02. The first kappa shape index (κ1) is 17.4. The molecule has 0 radical (unpaired) electrons. The number of hydrogen-bond acceptors (Lipinski definition) is 2. The standard InChI is InChI=1S/C18H27NO2/c1-4-17(20)19-14-8-9-15-21-18(2,3)13-12-16-10-6-5-7-11-16/h4-7,10-11H,1,8-9,12-15H2,2-3H3,(H,19,20). The van der Waals surface area contributed by atoms with Gasteiger partial charge in [-0.3, -0.25) is 4.79 Å². The van der Waals surface area contributed by atoms with Crippen molar-refractivity contribution in [3.63, 3.8) is 0 Å². The zero-order valence-electron chi connectivity index (χ0n) is 13.2. The number of rotatable bonds is 10. The van der Waals surface area contributed by atoms with Crippen LogP contribution < -0.4 is 5.32 Å². The maximum Gasteiger partial charge on any atom is 0.243 e. The minimum atomic E-state index is -0.112. The first-order valence-electron chi connectivity index (χ1n) is 7.62. The van der Waals surface area contributed by atoms with Crippen LogP contribution in [0.25, 0.3) is 0 Å². The second-order valence-electron chi connectivity index (χ2n) is 5.80. The van der Waals surface area contributed by atoms with Crippen molar-refractivity contribution < 1.29 is 9.53 Å². The molecule has 1 aromatic rings. The van der Waals surface area contributed by atoms with Crippen LogP contribution in [-0.4, -0.2) is 24.7 Å². The van der Waals surface area contributed by atoms with E-state index < -0.39 is 0 Å². The average Bonchev–Trinajstić information content (AvgIpc) is 2.49. The van der Waals surface area contributed by atoms with Gasteiger partial charge in [0.25, 0.3) is 0 Å². The number of aryl methyl sites for hydroxylation is 1. The zero-order valence-corrected chi connectivity index (χ0v) is 13.2. The molecule has 0 aliphatic carbocycles. The summed E-state index contributed by atoms with van der Waals surface area (Å²) in [5, 5.41) is 2.76. The van der Waals surface area contributed by atoms with Gasteiger partial charge in [0.05, 0.1) is 5.60 Å². The minimum Gasteiger partial charge on any atom is -0.376 e. The van der Waals surface area contributed by atoms with E-state index in [1.54, 1.807) is 0 Å². The van der Waals surface area contributed by atoms with E-state index >= 15 is 0 Å². The topological polar surface area (TPSA) is 38.3 Å². The highest BCUT2D eigenvalue weighted by Crippen LogP contribution is 2.18.